The van der Waals surface area contributed by atoms with E-state index in [1.165, 1.54) is 0 Å². The Morgan fingerprint density at radius 2 is 2.00 bits per heavy atom. The van der Waals surface area contributed by atoms with Gasteiger partial charge in [-0.05, 0) is 43.5 Å². The number of rotatable bonds is 5. The molecule has 2 rings (SSSR count). The number of anilines is 1. The highest BCUT2D eigenvalue weighted by Crippen LogP contribution is 2.21. The average molecular weight is 304 g/mol. The third kappa shape index (κ3) is 4.31. The van der Waals surface area contributed by atoms with Crippen molar-refractivity contribution < 1.29 is 14.3 Å². The second kappa shape index (κ2) is 7.40. The molecular formula is C17H24N2O3. The van der Waals surface area contributed by atoms with Crippen LogP contribution >= 0.6 is 0 Å². The Kier molecular flexibility index (Phi) is 5.55. The molecular weight excluding hydrogens is 280 g/mol. The number of amides is 2. The average Bonchev–Trinajstić information content (AvgIpc) is 2.45. The molecule has 1 N–H and O–H groups in total. The zero-order valence-corrected chi connectivity index (χ0v) is 13.5. The van der Waals surface area contributed by atoms with Crippen LogP contribution < -0.4 is 10.2 Å². The van der Waals surface area contributed by atoms with Crippen molar-refractivity contribution in [3.63, 3.8) is 0 Å². The number of nitrogens with one attached hydrogen (secondary N) is 1. The number of carbonyl (C=O) groups excluding carboxylic acids is 2. The number of carbonyl (C=O) groups is 2. The number of nitrogens with zero attached hydrogens (tertiary/aromatic N) is 1. The van der Waals surface area contributed by atoms with Crippen LogP contribution in [0.15, 0.2) is 18.2 Å². The Morgan fingerprint density at radius 1 is 1.32 bits per heavy atom. The molecule has 1 fully saturated rings. The molecule has 0 aromatic heterocycles. The third-order valence-electron chi connectivity index (χ3n) is 3.65. The van der Waals surface area contributed by atoms with E-state index in [0.717, 1.165) is 23.2 Å². The van der Waals surface area contributed by atoms with E-state index >= 15 is 0 Å². The maximum absolute atomic E-state index is 12.1. The summed E-state index contributed by atoms with van der Waals surface area (Å²) in [6.45, 7) is 6.97. The molecule has 0 saturated carbocycles. The molecule has 1 heterocycles. The predicted octanol–water partition coefficient (Wildman–Crippen LogP) is 1.95. The summed E-state index contributed by atoms with van der Waals surface area (Å²) < 4.78 is 5.53. The van der Waals surface area contributed by atoms with Crippen molar-refractivity contribution in [1.82, 2.24) is 5.32 Å². The number of benzene rings is 1. The van der Waals surface area contributed by atoms with E-state index in [1.54, 1.807) is 4.90 Å². The maximum atomic E-state index is 12.1. The van der Waals surface area contributed by atoms with Crippen molar-refractivity contribution in [2.45, 2.75) is 39.7 Å². The first-order valence-corrected chi connectivity index (χ1v) is 7.76. The minimum Gasteiger partial charge on any atom is -0.365 e. The first kappa shape index (κ1) is 16.5. The first-order chi connectivity index (χ1) is 10.5. The number of morpholine rings is 1. The number of aryl methyl sites for hydroxylation is 2. The molecule has 2 amide bonds. The fourth-order valence-corrected chi connectivity index (χ4v) is 2.65. The van der Waals surface area contributed by atoms with Crippen LogP contribution in [0.4, 0.5) is 5.69 Å². The largest absolute Gasteiger partial charge is 0.365 e. The molecule has 0 aliphatic carbocycles. The number of ether oxygens (including phenoxy) is 1. The van der Waals surface area contributed by atoms with Gasteiger partial charge in [0, 0.05) is 18.7 Å². The smallest absolute Gasteiger partial charge is 0.253 e. The van der Waals surface area contributed by atoms with Gasteiger partial charge in [0.05, 0.1) is 12.6 Å². The highest BCUT2D eigenvalue weighted by molar-refractivity contribution is 5.95. The van der Waals surface area contributed by atoms with Crippen LogP contribution in [0.3, 0.4) is 0 Å². The Morgan fingerprint density at radius 3 is 2.64 bits per heavy atom. The second-order valence-electron chi connectivity index (χ2n) is 5.84. The van der Waals surface area contributed by atoms with Crippen LogP contribution in [-0.4, -0.2) is 37.6 Å². The van der Waals surface area contributed by atoms with Crippen molar-refractivity contribution in [3.05, 3.63) is 29.3 Å². The van der Waals surface area contributed by atoms with Crippen molar-refractivity contribution in [2.75, 3.05) is 24.6 Å². The third-order valence-corrected chi connectivity index (χ3v) is 3.65. The van der Waals surface area contributed by atoms with E-state index in [4.69, 9.17) is 4.74 Å². The number of hydrogen-bond donors (Lipinski definition) is 1. The summed E-state index contributed by atoms with van der Waals surface area (Å²) >= 11 is 0. The molecule has 120 valence electrons. The normalized spacial score (nSPS) is 18.4. The molecule has 0 bridgehead atoms. The highest BCUT2D eigenvalue weighted by atomic mass is 16.5. The van der Waals surface area contributed by atoms with E-state index in [-0.39, 0.29) is 24.5 Å². The fraction of sp³-hybridized carbons (Fsp3) is 0.529. The highest BCUT2D eigenvalue weighted by Gasteiger charge is 2.27. The molecule has 1 aromatic rings. The molecule has 1 aliphatic rings. The molecule has 5 nitrogen and oxygen atoms in total. The van der Waals surface area contributed by atoms with Gasteiger partial charge >= 0.3 is 0 Å². The molecule has 1 aromatic carbocycles. The van der Waals surface area contributed by atoms with Gasteiger partial charge in [-0.15, -0.1) is 0 Å². The maximum Gasteiger partial charge on any atom is 0.253 e. The van der Waals surface area contributed by atoms with Crippen LogP contribution in [-0.2, 0) is 14.3 Å². The molecule has 5 heteroatoms. The van der Waals surface area contributed by atoms with Crippen LogP contribution in [0.25, 0.3) is 0 Å². The Balaban J connectivity index is 2.02. The van der Waals surface area contributed by atoms with Crippen LogP contribution in [0.5, 0.6) is 0 Å². The topological polar surface area (TPSA) is 58.6 Å². The first-order valence-electron chi connectivity index (χ1n) is 7.76. The van der Waals surface area contributed by atoms with Crippen molar-refractivity contribution in [1.29, 1.82) is 0 Å². The quantitative estimate of drug-likeness (QED) is 0.904. The van der Waals surface area contributed by atoms with Crippen molar-refractivity contribution >= 4 is 17.5 Å². The lowest BCUT2D eigenvalue weighted by molar-refractivity contribution is -0.129. The second-order valence-corrected chi connectivity index (χ2v) is 5.84. The minimum atomic E-state index is -0.167. The van der Waals surface area contributed by atoms with Gasteiger partial charge in [0.25, 0.3) is 5.91 Å². The molecule has 1 saturated heterocycles. The molecule has 1 atom stereocenters. The molecule has 0 radical (unpaired) electrons. The summed E-state index contributed by atoms with van der Waals surface area (Å²) in [5, 5.41) is 2.86. The van der Waals surface area contributed by atoms with Crippen molar-refractivity contribution in [3.8, 4) is 0 Å². The van der Waals surface area contributed by atoms with Gasteiger partial charge in [-0.3, -0.25) is 9.59 Å². The van der Waals surface area contributed by atoms with E-state index in [9.17, 15) is 9.59 Å². The van der Waals surface area contributed by atoms with E-state index < -0.39 is 0 Å². The van der Waals surface area contributed by atoms with Crippen LogP contribution in [0, 0.1) is 13.8 Å². The van der Waals surface area contributed by atoms with Gasteiger partial charge in [-0.1, -0.05) is 13.0 Å². The summed E-state index contributed by atoms with van der Waals surface area (Å²) in [6.07, 6.45) is 1.18. The lowest BCUT2D eigenvalue weighted by atomic mass is 10.1. The molecule has 22 heavy (non-hydrogen) atoms. The number of hydrogen-bond acceptors (Lipinski definition) is 3. The van der Waals surface area contributed by atoms with Crippen molar-refractivity contribution in [2.24, 2.45) is 0 Å². The Hall–Kier alpha value is -1.88. The van der Waals surface area contributed by atoms with Gasteiger partial charge in [0.15, 0.2) is 0 Å². The van der Waals surface area contributed by atoms with E-state index in [0.29, 0.717) is 19.5 Å². The fourth-order valence-electron chi connectivity index (χ4n) is 2.65. The van der Waals surface area contributed by atoms with E-state index in [2.05, 4.69) is 11.4 Å². The van der Waals surface area contributed by atoms with Crippen LogP contribution in [0.1, 0.15) is 30.9 Å². The zero-order chi connectivity index (χ0) is 16.1. The minimum absolute atomic E-state index is 0.0287. The summed E-state index contributed by atoms with van der Waals surface area (Å²) in [5.74, 6) is -0.0120. The lowest BCUT2D eigenvalue weighted by Gasteiger charge is -2.33. The predicted molar refractivity (Wildman–Crippen MR) is 85.9 cm³/mol. The van der Waals surface area contributed by atoms with Gasteiger partial charge in [-0.2, -0.15) is 0 Å². The van der Waals surface area contributed by atoms with Gasteiger partial charge < -0.3 is 15.0 Å². The summed E-state index contributed by atoms with van der Waals surface area (Å²) in [5.41, 5.74) is 3.15. The summed E-state index contributed by atoms with van der Waals surface area (Å²) in [7, 11) is 0. The summed E-state index contributed by atoms with van der Waals surface area (Å²) in [6, 6.07) is 6.09. The molecule has 1 unspecified atom stereocenters. The monoisotopic (exact) mass is 304 g/mol. The summed E-state index contributed by atoms with van der Waals surface area (Å²) in [4.78, 5) is 25.4. The van der Waals surface area contributed by atoms with Crippen LogP contribution in [0.2, 0.25) is 0 Å². The molecule has 0 spiro atoms. The standard InChI is InChI=1S/C17H24N2O3/c1-4-5-16(20)18-9-15-10-19(17(21)11-22-15)14-7-12(2)6-13(3)8-14/h6-8,15H,4-5,9-11H2,1-3H3,(H,18,20). The van der Waals surface area contributed by atoms with E-state index in [1.807, 2.05) is 32.9 Å². The Labute approximate surface area is 131 Å². The van der Waals surface area contributed by atoms with Gasteiger partial charge in [0.2, 0.25) is 5.91 Å². The van der Waals surface area contributed by atoms with Gasteiger partial charge in [0.1, 0.15) is 6.61 Å². The lowest BCUT2D eigenvalue weighted by Crippen LogP contribution is -2.50. The van der Waals surface area contributed by atoms with Gasteiger partial charge in [-0.25, -0.2) is 0 Å². The Bertz CT molecular complexity index is 537. The SMILES string of the molecule is CCCC(=O)NCC1CN(c2cc(C)cc(C)c2)C(=O)CO1. The molecule has 1 aliphatic heterocycles. The zero-order valence-electron chi connectivity index (χ0n) is 13.5.